The summed E-state index contributed by atoms with van der Waals surface area (Å²) in [5, 5.41) is 4.80. The fourth-order valence-corrected chi connectivity index (χ4v) is 2.01. The monoisotopic (exact) mass is 207 g/mol. The molecule has 1 saturated carbocycles. The first-order valence-electron chi connectivity index (χ1n) is 4.66. The van der Waals surface area contributed by atoms with E-state index in [0.717, 1.165) is 12.8 Å². The predicted octanol–water partition coefficient (Wildman–Crippen LogP) is 0.829. The molecule has 0 atom stereocenters. The second-order valence-electron chi connectivity index (χ2n) is 3.66. The zero-order valence-corrected chi connectivity index (χ0v) is 8.55. The van der Waals surface area contributed by atoms with Gasteiger partial charge >= 0.3 is 0 Å². The molecule has 0 spiro atoms. The van der Waals surface area contributed by atoms with Crippen molar-refractivity contribution in [2.75, 3.05) is 12.5 Å². The molecular formula is C8H17NO3S. The molecule has 1 fully saturated rings. The molecule has 78 valence electrons. The molecule has 13 heavy (non-hydrogen) atoms. The second-order valence-corrected chi connectivity index (χ2v) is 5.22. The molecule has 0 radical (unpaired) electrons. The fraction of sp³-hybridized carbons (Fsp3) is 1.00. The lowest BCUT2D eigenvalue weighted by Gasteiger charge is -2.20. The van der Waals surface area contributed by atoms with Crippen molar-refractivity contribution in [1.82, 2.24) is 0 Å². The van der Waals surface area contributed by atoms with Crippen LogP contribution in [-0.4, -0.2) is 21.0 Å². The zero-order chi connectivity index (χ0) is 9.73. The van der Waals surface area contributed by atoms with Crippen molar-refractivity contribution in [3.63, 3.8) is 0 Å². The van der Waals surface area contributed by atoms with Crippen LogP contribution in [0.4, 0.5) is 0 Å². The van der Waals surface area contributed by atoms with Crippen LogP contribution < -0.4 is 5.14 Å². The summed E-state index contributed by atoms with van der Waals surface area (Å²) >= 11 is 0. The van der Waals surface area contributed by atoms with E-state index in [1.807, 2.05) is 0 Å². The van der Waals surface area contributed by atoms with E-state index >= 15 is 0 Å². The largest absolute Gasteiger partial charge is 0.364 e. The predicted molar refractivity (Wildman–Crippen MR) is 50.5 cm³/mol. The lowest BCUT2D eigenvalue weighted by Crippen LogP contribution is -2.22. The number of hydrogen-bond acceptors (Lipinski definition) is 3. The van der Waals surface area contributed by atoms with Crippen LogP contribution in [0.5, 0.6) is 0 Å². The van der Waals surface area contributed by atoms with Gasteiger partial charge in [-0.05, 0) is 18.8 Å². The minimum atomic E-state index is -3.45. The SMILES string of the molecule is NS(=O)(=O)COCC1CCCCC1. The quantitative estimate of drug-likeness (QED) is 0.742. The van der Waals surface area contributed by atoms with Crippen molar-refractivity contribution < 1.29 is 13.2 Å². The molecule has 1 rings (SSSR count). The summed E-state index contributed by atoms with van der Waals surface area (Å²) < 4.78 is 26.1. The highest BCUT2D eigenvalue weighted by molar-refractivity contribution is 7.88. The highest BCUT2D eigenvalue weighted by Crippen LogP contribution is 2.23. The average molecular weight is 207 g/mol. The number of hydrogen-bond donors (Lipinski definition) is 1. The number of ether oxygens (including phenoxy) is 1. The summed E-state index contributed by atoms with van der Waals surface area (Å²) in [7, 11) is -3.45. The van der Waals surface area contributed by atoms with Gasteiger partial charge in [-0.3, -0.25) is 0 Å². The molecule has 0 amide bonds. The Bertz CT molecular complexity index is 232. The van der Waals surface area contributed by atoms with E-state index < -0.39 is 10.0 Å². The third kappa shape index (κ3) is 5.23. The van der Waals surface area contributed by atoms with E-state index in [9.17, 15) is 8.42 Å². The zero-order valence-electron chi connectivity index (χ0n) is 7.74. The van der Waals surface area contributed by atoms with Crippen LogP contribution >= 0.6 is 0 Å². The van der Waals surface area contributed by atoms with Crippen LogP contribution in [0.3, 0.4) is 0 Å². The van der Waals surface area contributed by atoms with Gasteiger partial charge in [0.15, 0.2) is 5.94 Å². The van der Waals surface area contributed by atoms with Gasteiger partial charge in [-0.1, -0.05) is 19.3 Å². The molecule has 1 aliphatic carbocycles. The Morgan fingerprint density at radius 1 is 1.23 bits per heavy atom. The first-order valence-corrected chi connectivity index (χ1v) is 6.38. The number of nitrogens with two attached hydrogens (primary N) is 1. The Hall–Kier alpha value is -0.130. The summed E-state index contributed by atoms with van der Waals surface area (Å²) in [6, 6.07) is 0. The highest BCUT2D eigenvalue weighted by Gasteiger charge is 2.14. The Kier molecular flexibility index (Phi) is 4.15. The van der Waals surface area contributed by atoms with Gasteiger partial charge in [0.25, 0.3) is 0 Å². The first kappa shape index (κ1) is 10.9. The molecular weight excluding hydrogens is 190 g/mol. The van der Waals surface area contributed by atoms with Crippen LogP contribution in [0.15, 0.2) is 0 Å². The summed E-state index contributed by atoms with van der Waals surface area (Å²) in [6.07, 6.45) is 6.09. The Labute approximate surface area is 79.5 Å². The van der Waals surface area contributed by atoms with Gasteiger partial charge in [0.05, 0.1) is 6.61 Å². The number of primary sulfonamides is 1. The van der Waals surface area contributed by atoms with Gasteiger partial charge in [-0.15, -0.1) is 0 Å². The normalized spacial score (nSPS) is 20.4. The minimum Gasteiger partial charge on any atom is -0.364 e. The third-order valence-corrected chi connectivity index (χ3v) is 2.82. The van der Waals surface area contributed by atoms with Gasteiger partial charge in [-0.25, -0.2) is 13.6 Å². The molecule has 0 heterocycles. The molecule has 1 aliphatic rings. The van der Waals surface area contributed by atoms with Crippen LogP contribution in [-0.2, 0) is 14.8 Å². The molecule has 0 saturated heterocycles. The third-order valence-electron chi connectivity index (χ3n) is 2.33. The van der Waals surface area contributed by atoms with Crippen LogP contribution in [0, 0.1) is 5.92 Å². The van der Waals surface area contributed by atoms with E-state index in [0.29, 0.717) is 12.5 Å². The maximum absolute atomic E-state index is 10.5. The lowest BCUT2D eigenvalue weighted by molar-refractivity contribution is 0.116. The maximum Gasteiger partial charge on any atom is 0.233 e. The summed E-state index contributed by atoms with van der Waals surface area (Å²) in [4.78, 5) is 0. The molecule has 0 aromatic rings. The molecule has 2 N–H and O–H groups in total. The van der Waals surface area contributed by atoms with E-state index in [1.54, 1.807) is 0 Å². The minimum absolute atomic E-state index is 0.344. The average Bonchev–Trinajstić information content (AvgIpc) is 2.04. The van der Waals surface area contributed by atoms with Crippen molar-refractivity contribution in [1.29, 1.82) is 0 Å². The van der Waals surface area contributed by atoms with Crippen molar-refractivity contribution in [2.45, 2.75) is 32.1 Å². The molecule has 0 aromatic heterocycles. The second kappa shape index (κ2) is 4.93. The van der Waals surface area contributed by atoms with Gasteiger partial charge in [0.2, 0.25) is 10.0 Å². The fourth-order valence-electron chi connectivity index (χ4n) is 1.68. The van der Waals surface area contributed by atoms with Crippen molar-refractivity contribution in [2.24, 2.45) is 11.1 Å². The van der Waals surface area contributed by atoms with E-state index in [-0.39, 0.29) is 5.94 Å². The molecule has 0 bridgehead atoms. The molecule has 4 nitrogen and oxygen atoms in total. The Morgan fingerprint density at radius 2 is 1.85 bits per heavy atom. The maximum atomic E-state index is 10.5. The van der Waals surface area contributed by atoms with Crippen molar-refractivity contribution >= 4 is 10.0 Å². The lowest BCUT2D eigenvalue weighted by atomic mass is 9.90. The van der Waals surface area contributed by atoms with E-state index in [2.05, 4.69) is 0 Å². The number of rotatable bonds is 4. The van der Waals surface area contributed by atoms with Crippen molar-refractivity contribution in [3.8, 4) is 0 Å². The van der Waals surface area contributed by atoms with Crippen molar-refractivity contribution in [3.05, 3.63) is 0 Å². The van der Waals surface area contributed by atoms with Crippen LogP contribution in [0.25, 0.3) is 0 Å². The van der Waals surface area contributed by atoms with E-state index in [1.165, 1.54) is 19.3 Å². The Balaban J connectivity index is 2.11. The first-order chi connectivity index (χ1) is 6.08. The van der Waals surface area contributed by atoms with Gasteiger partial charge < -0.3 is 4.74 Å². The molecule has 0 unspecified atom stereocenters. The van der Waals surface area contributed by atoms with Gasteiger partial charge in [0, 0.05) is 0 Å². The van der Waals surface area contributed by atoms with Gasteiger partial charge in [0.1, 0.15) is 0 Å². The molecule has 0 aliphatic heterocycles. The topological polar surface area (TPSA) is 69.4 Å². The standard InChI is InChI=1S/C8H17NO3S/c9-13(10,11)7-12-6-8-4-2-1-3-5-8/h8H,1-7H2,(H2,9,10,11). The summed E-state index contributed by atoms with van der Waals surface area (Å²) in [6.45, 7) is 0.538. The van der Waals surface area contributed by atoms with Crippen LogP contribution in [0.1, 0.15) is 32.1 Å². The molecule has 5 heteroatoms. The number of sulfonamides is 1. The summed E-state index contributed by atoms with van der Waals surface area (Å²) in [5.41, 5.74) is 0. The Morgan fingerprint density at radius 3 is 2.38 bits per heavy atom. The van der Waals surface area contributed by atoms with E-state index in [4.69, 9.17) is 9.88 Å². The smallest absolute Gasteiger partial charge is 0.233 e. The van der Waals surface area contributed by atoms with Gasteiger partial charge in [-0.2, -0.15) is 0 Å². The van der Waals surface area contributed by atoms with Crippen LogP contribution in [0.2, 0.25) is 0 Å². The molecule has 0 aromatic carbocycles. The summed E-state index contributed by atoms with van der Waals surface area (Å²) in [5.74, 6) is 0.194. The highest BCUT2D eigenvalue weighted by atomic mass is 32.2.